The summed E-state index contributed by atoms with van der Waals surface area (Å²) in [6, 6.07) is 0.687. The topological polar surface area (TPSA) is 32.8 Å². The first-order valence-corrected chi connectivity index (χ1v) is 9.81. The van der Waals surface area contributed by atoms with E-state index >= 15 is 0 Å². The van der Waals surface area contributed by atoms with Gasteiger partial charge in [0.25, 0.3) is 0 Å². The van der Waals surface area contributed by atoms with Crippen LogP contribution in [-0.4, -0.2) is 61.1 Å². The summed E-state index contributed by atoms with van der Waals surface area (Å²) in [5.41, 5.74) is 0. The smallest absolute Gasteiger partial charge is 0.222 e. The Bertz CT molecular complexity index is 366. The van der Waals surface area contributed by atoms with E-state index in [1.54, 1.807) is 0 Å². The summed E-state index contributed by atoms with van der Waals surface area (Å²) in [6.45, 7) is 4.28. The second-order valence-corrected chi connectivity index (χ2v) is 7.79. The van der Waals surface area contributed by atoms with Crippen LogP contribution in [-0.2, 0) is 9.53 Å². The number of nitrogens with zero attached hydrogens (tertiary/aromatic N) is 2. The summed E-state index contributed by atoms with van der Waals surface area (Å²) < 4.78 is 5.47. The molecule has 2 saturated heterocycles. The van der Waals surface area contributed by atoms with E-state index in [1.807, 2.05) is 7.11 Å². The molecular weight excluding hydrogens is 288 g/mol. The number of hydrogen-bond donors (Lipinski definition) is 0. The van der Waals surface area contributed by atoms with Crippen LogP contribution >= 0.6 is 0 Å². The summed E-state index contributed by atoms with van der Waals surface area (Å²) in [5, 5.41) is 0. The Morgan fingerprint density at radius 1 is 0.913 bits per heavy atom. The van der Waals surface area contributed by atoms with Gasteiger partial charge in [-0.05, 0) is 44.4 Å². The van der Waals surface area contributed by atoms with E-state index in [0.717, 1.165) is 45.2 Å². The fraction of sp³-hybridized carbons (Fsp3) is 0.947. The van der Waals surface area contributed by atoms with Gasteiger partial charge in [0, 0.05) is 45.8 Å². The minimum absolute atomic E-state index is 0.424. The molecule has 0 aromatic heterocycles. The molecule has 1 amide bonds. The number of carbonyl (C=O) groups excluding carboxylic acids is 1. The molecule has 4 heteroatoms. The number of piperidine rings is 2. The molecule has 0 atom stereocenters. The SMILES string of the molecule is COC1CCN(C2CCN(C(=O)CC3CCCCC3)CC2)CC1. The quantitative estimate of drug-likeness (QED) is 0.797. The minimum Gasteiger partial charge on any atom is -0.381 e. The van der Waals surface area contributed by atoms with Crippen LogP contribution in [0.15, 0.2) is 0 Å². The van der Waals surface area contributed by atoms with Crippen molar-refractivity contribution in [3.05, 3.63) is 0 Å². The van der Waals surface area contributed by atoms with Crippen molar-refractivity contribution < 1.29 is 9.53 Å². The van der Waals surface area contributed by atoms with Crippen LogP contribution in [0.5, 0.6) is 0 Å². The van der Waals surface area contributed by atoms with E-state index in [0.29, 0.717) is 24.0 Å². The largest absolute Gasteiger partial charge is 0.381 e. The molecule has 3 rings (SSSR count). The van der Waals surface area contributed by atoms with Crippen LogP contribution in [0.2, 0.25) is 0 Å². The maximum Gasteiger partial charge on any atom is 0.222 e. The van der Waals surface area contributed by atoms with Crippen LogP contribution < -0.4 is 0 Å². The van der Waals surface area contributed by atoms with Crippen molar-refractivity contribution in [3.8, 4) is 0 Å². The van der Waals surface area contributed by atoms with Gasteiger partial charge in [-0.3, -0.25) is 4.79 Å². The Morgan fingerprint density at radius 3 is 2.17 bits per heavy atom. The average molecular weight is 322 g/mol. The molecule has 2 aliphatic heterocycles. The van der Waals surface area contributed by atoms with Crippen molar-refractivity contribution >= 4 is 5.91 Å². The Hall–Kier alpha value is -0.610. The molecule has 0 aromatic carbocycles. The number of carbonyl (C=O) groups is 1. The lowest BCUT2D eigenvalue weighted by molar-refractivity contribution is -0.134. The molecule has 132 valence electrons. The molecule has 3 fully saturated rings. The zero-order chi connectivity index (χ0) is 16.1. The summed E-state index contributed by atoms with van der Waals surface area (Å²) >= 11 is 0. The van der Waals surface area contributed by atoms with Crippen molar-refractivity contribution in [2.45, 2.75) is 76.4 Å². The van der Waals surface area contributed by atoms with Crippen LogP contribution in [0, 0.1) is 5.92 Å². The van der Waals surface area contributed by atoms with E-state index in [2.05, 4.69) is 9.80 Å². The number of rotatable bonds is 4. The third-order valence-corrected chi connectivity index (χ3v) is 6.33. The van der Waals surface area contributed by atoms with Gasteiger partial charge in [-0.25, -0.2) is 0 Å². The van der Waals surface area contributed by atoms with Gasteiger partial charge >= 0.3 is 0 Å². The monoisotopic (exact) mass is 322 g/mol. The highest BCUT2D eigenvalue weighted by Crippen LogP contribution is 2.28. The van der Waals surface area contributed by atoms with Gasteiger partial charge in [0.15, 0.2) is 0 Å². The van der Waals surface area contributed by atoms with Gasteiger partial charge < -0.3 is 14.5 Å². The average Bonchev–Trinajstić information content (AvgIpc) is 2.63. The molecule has 0 unspecified atom stereocenters. The van der Waals surface area contributed by atoms with E-state index in [-0.39, 0.29) is 0 Å². The Kier molecular flexibility index (Phi) is 6.35. The van der Waals surface area contributed by atoms with E-state index in [4.69, 9.17) is 4.74 Å². The van der Waals surface area contributed by atoms with Gasteiger partial charge in [0.2, 0.25) is 5.91 Å². The van der Waals surface area contributed by atoms with Crippen LogP contribution in [0.1, 0.15) is 64.2 Å². The molecule has 0 N–H and O–H groups in total. The highest BCUT2D eigenvalue weighted by Gasteiger charge is 2.30. The number of hydrogen-bond acceptors (Lipinski definition) is 3. The van der Waals surface area contributed by atoms with Crippen LogP contribution in [0.3, 0.4) is 0 Å². The lowest BCUT2D eigenvalue weighted by atomic mass is 9.86. The van der Waals surface area contributed by atoms with Gasteiger partial charge in [-0.1, -0.05) is 19.3 Å². The van der Waals surface area contributed by atoms with Crippen LogP contribution in [0.4, 0.5) is 0 Å². The molecule has 0 radical (unpaired) electrons. The third kappa shape index (κ3) is 4.69. The van der Waals surface area contributed by atoms with Crippen molar-refractivity contribution in [2.24, 2.45) is 5.92 Å². The van der Waals surface area contributed by atoms with Crippen molar-refractivity contribution in [1.82, 2.24) is 9.80 Å². The molecule has 0 bridgehead atoms. The Morgan fingerprint density at radius 2 is 1.57 bits per heavy atom. The predicted molar refractivity (Wildman–Crippen MR) is 92.4 cm³/mol. The number of ether oxygens (including phenoxy) is 1. The number of amides is 1. The molecule has 4 nitrogen and oxygen atoms in total. The summed E-state index contributed by atoms with van der Waals surface area (Å²) in [7, 11) is 1.83. The summed E-state index contributed by atoms with van der Waals surface area (Å²) in [5.74, 6) is 1.09. The molecule has 1 aliphatic carbocycles. The molecule has 3 aliphatic rings. The highest BCUT2D eigenvalue weighted by atomic mass is 16.5. The zero-order valence-corrected chi connectivity index (χ0v) is 14.8. The normalized spacial score (nSPS) is 26.6. The Labute approximate surface area is 141 Å². The fourth-order valence-corrected chi connectivity index (χ4v) is 4.72. The van der Waals surface area contributed by atoms with Gasteiger partial charge in [-0.15, -0.1) is 0 Å². The second kappa shape index (κ2) is 8.48. The molecule has 23 heavy (non-hydrogen) atoms. The first kappa shape index (κ1) is 17.2. The predicted octanol–water partition coefficient (Wildman–Crippen LogP) is 3.06. The summed E-state index contributed by atoms with van der Waals surface area (Å²) in [4.78, 5) is 17.3. The minimum atomic E-state index is 0.424. The molecule has 0 spiro atoms. The zero-order valence-electron chi connectivity index (χ0n) is 14.8. The lowest BCUT2D eigenvalue weighted by Crippen LogP contribution is -2.49. The van der Waals surface area contributed by atoms with E-state index in [1.165, 1.54) is 45.2 Å². The molecule has 2 heterocycles. The second-order valence-electron chi connectivity index (χ2n) is 7.79. The third-order valence-electron chi connectivity index (χ3n) is 6.33. The standard InChI is InChI=1S/C19H34N2O2/c1-23-18-9-13-20(14-10-18)17-7-11-21(12-8-17)19(22)15-16-5-3-2-4-6-16/h16-18H,2-15H2,1H3. The van der Waals surface area contributed by atoms with Crippen molar-refractivity contribution in [3.63, 3.8) is 0 Å². The summed E-state index contributed by atoms with van der Waals surface area (Å²) in [6.07, 6.45) is 12.5. The van der Waals surface area contributed by atoms with Crippen LogP contribution in [0.25, 0.3) is 0 Å². The van der Waals surface area contributed by atoms with E-state index in [9.17, 15) is 4.79 Å². The first-order chi connectivity index (χ1) is 11.3. The lowest BCUT2D eigenvalue weighted by Gasteiger charge is -2.41. The maximum absolute atomic E-state index is 12.5. The fourth-order valence-electron chi connectivity index (χ4n) is 4.72. The van der Waals surface area contributed by atoms with Gasteiger partial charge in [-0.2, -0.15) is 0 Å². The first-order valence-electron chi connectivity index (χ1n) is 9.81. The molecule has 0 aromatic rings. The highest BCUT2D eigenvalue weighted by molar-refractivity contribution is 5.76. The van der Waals surface area contributed by atoms with E-state index < -0.39 is 0 Å². The number of likely N-dealkylation sites (tertiary alicyclic amines) is 2. The molecule has 1 saturated carbocycles. The van der Waals surface area contributed by atoms with Crippen molar-refractivity contribution in [1.29, 1.82) is 0 Å². The molecular formula is C19H34N2O2. The van der Waals surface area contributed by atoms with Gasteiger partial charge in [0.05, 0.1) is 6.10 Å². The number of methoxy groups -OCH3 is 1. The van der Waals surface area contributed by atoms with Gasteiger partial charge in [0.1, 0.15) is 0 Å². The maximum atomic E-state index is 12.5. The Balaban J connectivity index is 1.38. The van der Waals surface area contributed by atoms with Crippen molar-refractivity contribution in [2.75, 3.05) is 33.3 Å².